The molecule has 2 aromatic rings. The molecule has 0 saturated heterocycles. The molecule has 4 nitrogen and oxygen atoms in total. The van der Waals surface area contributed by atoms with E-state index in [0.29, 0.717) is 6.04 Å². The largest absolute Gasteiger partial charge is 0.296 e. The molecule has 0 aliphatic rings. The van der Waals surface area contributed by atoms with Crippen LogP contribution in [0.3, 0.4) is 0 Å². The average molecular weight is 290 g/mol. The van der Waals surface area contributed by atoms with Gasteiger partial charge >= 0.3 is 0 Å². The van der Waals surface area contributed by atoms with Gasteiger partial charge in [-0.15, -0.1) is 11.8 Å². The van der Waals surface area contributed by atoms with Gasteiger partial charge < -0.3 is 0 Å². The van der Waals surface area contributed by atoms with Crippen LogP contribution in [0.15, 0.2) is 41.6 Å². The first-order valence-electron chi connectivity index (χ1n) is 6.88. The van der Waals surface area contributed by atoms with Crippen molar-refractivity contribution in [2.45, 2.75) is 30.8 Å². The van der Waals surface area contributed by atoms with Crippen LogP contribution in [0, 0.1) is 0 Å². The Morgan fingerprint density at radius 1 is 1.30 bits per heavy atom. The van der Waals surface area contributed by atoms with Gasteiger partial charge in [-0.25, -0.2) is 4.98 Å². The Kier molecular flexibility index (Phi) is 5.61. The van der Waals surface area contributed by atoms with Gasteiger partial charge in [-0.3, -0.25) is 9.58 Å². The number of nitrogens with zero attached hydrogens (tertiary/aromatic N) is 4. The van der Waals surface area contributed by atoms with E-state index in [0.717, 1.165) is 24.5 Å². The summed E-state index contributed by atoms with van der Waals surface area (Å²) in [7, 11) is 4.08. The Labute approximate surface area is 125 Å². The van der Waals surface area contributed by atoms with Gasteiger partial charge in [0, 0.05) is 18.0 Å². The van der Waals surface area contributed by atoms with E-state index in [2.05, 4.69) is 59.3 Å². The second-order valence-corrected chi connectivity index (χ2v) is 6.18. The molecule has 1 aromatic heterocycles. The Morgan fingerprint density at radius 2 is 2.05 bits per heavy atom. The third-order valence-electron chi connectivity index (χ3n) is 3.50. The second-order valence-electron chi connectivity index (χ2n) is 5.01. The smallest absolute Gasteiger partial charge is 0.140 e. The van der Waals surface area contributed by atoms with Gasteiger partial charge in [0.05, 0.1) is 6.54 Å². The molecule has 0 N–H and O–H groups in total. The van der Waals surface area contributed by atoms with Crippen molar-refractivity contribution in [3.63, 3.8) is 0 Å². The van der Waals surface area contributed by atoms with Crippen molar-refractivity contribution in [2.75, 3.05) is 12.8 Å². The first kappa shape index (κ1) is 15.1. The SMILES string of the molecule is C[C@@H](CCSc1ccccc1)N(C)Cc1ncnn1C. The molecule has 0 amide bonds. The van der Waals surface area contributed by atoms with Crippen LogP contribution in [-0.2, 0) is 13.6 Å². The molecule has 0 bridgehead atoms. The number of hydrogen-bond donors (Lipinski definition) is 0. The summed E-state index contributed by atoms with van der Waals surface area (Å²) in [5.41, 5.74) is 0. The summed E-state index contributed by atoms with van der Waals surface area (Å²) in [6.07, 6.45) is 2.77. The summed E-state index contributed by atoms with van der Waals surface area (Å²) in [5, 5.41) is 4.11. The van der Waals surface area contributed by atoms with Crippen molar-refractivity contribution in [1.29, 1.82) is 0 Å². The molecule has 0 spiro atoms. The van der Waals surface area contributed by atoms with Crippen LogP contribution in [-0.4, -0.2) is 38.5 Å². The third kappa shape index (κ3) is 4.35. The van der Waals surface area contributed by atoms with E-state index in [9.17, 15) is 0 Å². The first-order chi connectivity index (χ1) is 9.66. The zero-order valence-electron chi connectivity index (χ0n) is 12.4. The highest BCUT2D eigenvalue weighted by Crippen LogP contribution is 2.19. The summed E-state index contributed by atoms with van der Waals surface area (Å²) in [6, 6.07) is 11.1. The highest BCUT2D eigenvalue weighted by molar-refractivity contribution is 7.99. The van der Waals surface area contributed by atoms with Crippen LogP contribution < -0.4 is 0 Å². The topological polar surface area (TPSA) is 34.0 Å². The van der Waals surface area contributed by atoms with Gasteiger partial charge in [0.15, 0.2) is 0 Å². The molecule has 0 fully saturated rings. The van der Waals surface area contributed by atoms with Gasteiger partial charge in [0.25, 0.3) is 0 Å². The molecule has 0 aliphatic heterocycles. The van der Waals surface area contributed by atoms with Gasteiger partial charge in [0.1, 0.15) is 12.2 Å². The lowest BCUT2D eigenvalue weighted by atomic mass is 10.2. The minimum Gasteiger partial charge on any atom is -0.296 e. The van der Waals surface area contributed by atoms with Crippen molar-refractivity contribution in [3.05, 3.63) is 42.5 Å². The normalized spacial score (nSPS) is 12.8. The number of aromatic nitrogens is 3. The van der Waals surface area contributed by atoms with Crippen molar-refractivity contribution in [3.8, 4) is 0 Å². The standard InChI is InChI=1S/C15H22N4S/c1-13(9-10-20-14-7-5-4-6-8-14)18(2)11-15-16-12-17-19(15)3/h4-8,12-13H,9-11H2,1-3H3/t13-/m0/s1. The molecule has 0 unspecified atom stereocenters. The summed E-state index contributed by atoms with van der Waals surface area (Å²) in [4.78, 5) is 7.94. The molecule has 5 heteroatoms. The highest BCUT2D eigenvalue weighted by atomic mass is 32.2. The lowest BCUT2D eigenvalue weighted by Crippen LogP contribution is -2.30. The second kappa shape index (κ2) is 7.45. The minimum atomic E-state index is 0.530. The van der Waals surface area contributed by atoms with Crippen molar-refractivity contribution >= 4 is 11.8 Å². The zero-order chi connectivity index (χ0) is 14.4. The van der Waals surface area contributed by atoms with Gasteiger partial charge in [-0.1, -0.05) is 18.2 Å². The summed E-state index contributed by atoms with van der Waals surface area (Å²) in [5.74, 6) is 2.14. The fourth-order valence-electron chi connectivity index (χ4n) is 1.93. The van der Waals surface area contributed by atoms with Gasteiger partial charge in [-0.05, 0) is 38.3 Å². The maximum Gasteiger partial charge on any atom is 0.140 e. The quantitative estimate of drug-likeness (QED) is 0.734. The van der Waals surface area contributed by atoms with Crippen LogP contribution in [0.25, 0.3) is 0 Å². The number of rotatable bonds is 7. The van der Waals surface area contributed by atoms with E-state index in [4.69, 9.17) is 0 Å². The van der Waals surface area contributed by atoms with Gasteiger partial charge in [0.2, 0.25) is 0 Å². The molecule has 1 heterocycles. The van der Waals surface area contributed by atoms with Crippen LogP contribution >= 0.6 is 11.8 Å². The molecule has 20 heavy (non-hydrogen) atoms. The van der Waals surface area contributed by atoms with Crippen LogP contribution in [0.2, 0.25) is 0 Å². The predicted molar refractivity (Wildman–Crippen MR) is 83.7 cm³/mol. The maximum absolute atomic E-state index is 4.27. The molecule has 1 atom stereocenters. The lowest BCUT2D eigenvalue weighted by molar-refractivity contribution is 0.236. The summed E-state index contributed by atoms with van der Waals surface area (Å²) in [6.45, 7) is 3.11. The minimum absolute atomic E-state index is 0.530. The fourth-order valence-corrected chi connectivity index (χ4v) is 2.97. The number of benzene rings is 1. The van der Waals surface area contributed by atoms with E-state index < -0.39 is 0 Å². The third-order valence-corrected chi connectivity index (χ3v) is 4.54. The van der Waals surface area contributed by atoms with Crippen LogP contribution in [0.5, 0.6) is 0 Å². The average Bonchev–Trinajstić information content (AvgIpc) is 2.85. The first-order valence-corrected chi connectivity index (χ1v) is 7.86. The Bertz CT molecular complexity index is 512. The zero-order valence-corrected chi connectivity index (χ0v) is 13.2. The molecule has 1 aromatic carbocycles. The number of aryl methyl sites for hydroxylation is 1. The van der Waals surface area contributed by atoms with Crippen molar-refractivity contribution < 1.29 is 0 Å². The molecule has 2 rings (SSSR count). The Hall–Kier alpha value is -1.33. The van der Waals surface area contributed by atoms with Crippen LogP contribution in [0.1, 0.15) is 19.2 Å². The molecule has 0 radical (unpaired) electrons. The molecule has 0 aliphatic carbocycles. The van der Waals surface area contributed by atoms with E-state index >= 15 is 0 Å². The molecule has 0 saturated carbocycles. The van der Waals surface area contributed by atoms with Crippen LogP contribution in [0.4, 0.5) is 0 Å². The fraction of sp³-hybridized carbons (Fsp3) is 0.467. The number of hydrogen-bond acceptors (Lipinski definition) is 4. The lowest BCUT2D eigenvalue weighted by Gasteiger charge is -2.23. The van der Waals surface area contributed by atoms with Crippen molar-refractivity contribution in [1.82, 2.24) is 19.7 Å². The summed E-state index contributed by atoms with van der Waals surface area (Å²) >= 11 is 1.92. The Balaban J connectivity index is 1.74. The molecule has 108 valence electrons. The summed E-state index contributed by atoms with van der Waals surface area (Å²) < 4.78 is 1.84. The maximum atomic E-state index is 4.27. The number of thioether (sulfide) groups is 1. The highest BCUT2D eigenvalue weighted by Gasteiger charge is 2.12. The van der Waals surface area contributed by atoms with Crippen molar-refractivity contribution in [2.24, 2.45) is 7.05 Å². The molecular formula is C15H22N4S. The molecular weight excluding hydrogens is 268 g/mol. The monoisotopic (exact) mass is 290 g/mol. The van der Waals surface area contributed by atoms with E-state index in [1.54, 1.807) is 6.33 Å². The van der Waals surface area contributed by atoms with E-state index in [1.165, 1.54) is 4.90 Å². The van der Waals surface area contributed by atoms with E-state index in [1.807, 2.05) is 23.5 Å². The predicted octanol–water partition coefficient (Wildman–Crippen LogP) is 2.82. The van der Waals surface area contributed by atoms with E-state index in [-0.39, 0.29) is 0 Å². The van der Waals surface area contributed by atoms with Gasteiger partial charge in [-0.2, -0.15) is 5.10 Å². The Morgan fingerprint density at radius 3 is 2.70 bits per heavy atom.